The average Bonchev–Trinajstić information content (AvgIpc) is 2.81. The van der Waals surface area contributed by atoms with Gasteiger partial charge < -0.3 is 15.5 Å². The highest BCUT2D eigenvalue weighted by Crippen LogP contribution is 2.12. The molecule has 23 heavy (non-hydrogen) atoms. The van der Waals surface area contributed by atoms with Gasteiger partial charge in [0.05, 0.1) is 6.54 Å². The number of hydrogen-bond donors (Lipinski definition) is 2. The third kappa shape index (κ3) is 5.58. The van der Waals surface area contributed by atoms with E-state index in [1.807, 2.05) is 30.9 Å². The van der Waals surface area contributed by atoms with Gasteiger partial charge in [0, 0.05) is 30.4 Å². The fraction of sp³-hybridized carbons (Fsp3) is 0.556. The molecule has 0 spiro atoms. The zero-order chi connectivity index (χ0) is 16.7. The normalized spacial score (nSPS) is 15.2. The molecule has 0 unspecified atom stereocenters. The molecule has 2 amide bonds. The number of anilines is 1. The maximum Gasteiger partial charge on any atom is 0.251 e. The molecule has 2 rings (SSSR count). The van der Waals surface area contributed by atoms with Gasteiger partial charge in [0.2, 0.25) is 5.91 Å². The molecule has 1 aliphatic heterocycles. The van der Waals surface area contributed by atoms with Crippen LogP contribution in [-0.2, 0) is 4.79 Å². The highest BCUT2D eigenvalue weighted by Gasteiger charge is 2.15. The maximum absolute atomic E-state index is 12.3. The fourth-order valence-electron chi connectivity index (χ4n) is 2.73. The van der Waals surface area contributed by atoms with Crippen LogP contribution in [0.4, 0.5) is 5.69 Å². The van der Waals surface area contributed by atoms with E-state index in [-0.39, 0.29) is 24.4 Å². The molecular formula is C18H27N3O2. The van der Waals surface area contributed by atoms with Crippen molar-refractivity contribution in [2.75, 3.05) is 25.0 Å². The number of benzene rings is 1. The smallest absolute Gasteiger partial charge is 0.251 e. The highest BCUT2D eigenvalue weighted by atomic mass is 16.2. The minimum absolute atomic E-state index is 0.0949. The largest absolute Gasteiger partial charge is 0.376 e. The van der Waals surface area contributed by atoms with Gasteiger partial charge in [0.15, 0.2) is 0 Å². The van der Waals surface area contributed by atoms with Gasteiger partial charge in [0.25, 0.3) is 5.91 Å². The molecule has 0 aliphatic carbocycles. The summed E-state index contributed by atoms with van der Waals surface area (Å²) in [7, 11) is 0. The molecule has 126 valence electrons. The van der Waals surface area contributed by atoms with E-state index in [4.69, 9.17) is 0 Å². The molecule has 0 bridgehead atoms. The van der Waals surface area contributed by atoms with E-state index >= 15 is 0 Å². The maximum atomic E-state index is 12.3. The lowest BCUT2D eigenvalue weighted by Gasteiger charge is -2.20. The summed E-state index contributed by atoms with van der Waals surface area (Å²) < 4.78 is 0. The number of hydrogen-bond acceptors (Lipinski definition) is 3. The van der Waals surface area contributed by atoms with E-state index in [1.54, 1.807) is 12.1 Å². The number of carbonyl (C=O) groups excluding carboxylic acids is 2. The zero-order valence-corrected chi connectivity index (χ0v) is 14.1. The van der Waals surface area contributed by atoms with Crippen LogP contribution < -0.4 is 10.6 Å². The van der Waals surface area contributed by atoms with Crippen LogP contribution in [0.3, 0.4) is 0 Å². The van der Waals surface area contributed by atoms with Gasteiger partial charge in [-0.1, -0.05) is 18.9 Å². The number of nitrogens with zero attached hydrogens (tertiary/aromatic N) is 1. The Balaban J connectivity index is 1.90. The Morgan fingerprint density at radius 2 is 1.83 bits per heavy atom. The SMILES string of the molecule is CC(C)NC(=O)c1cccc(NCC(=O)N2CCCCCC2)c1. The summed E-state index contributed by atoms with van der Waals surface area (Å²) in [5, 5.41) is 6.01. The molecule has 1 aliphatic rings. The Labute approximate surface area is 138 Å². The number of rotatable bonds is 5. The molecule has 1 fully saturated rings. The third-order valence-corrected chi connectivity index (χ3v) is 3.95. The van der Waals surface area contributed by atoms with E-state index < -0.39 is 0 Å². The summed E-state index contributed by atoms with van der Waals surface area (Å²) in [4.78, 5) is 26.2. The van der Waals surface area contributed by atoms with E-state index in [0.29, 0.717) is 5.56 Å². The van der Waals surface area contributed by atoms with Crippen LogP contribution in [0.15, 0.2) is 24.3 Å². The van der Waals surface area contributed by atoms with Crippen LogP contribution in [0.2, 0.25) is 0 Å². The second-order valence-electron chi connectivity index (χ2n) is 6.36. The quantitative estimate of drug-likeness (QED) is 0.877. The van der Waals surface area contributed by atoms with Gasteiger partial charge in [-0.25, -0.2) is 0 Å². The first-order valence-electron chi connectivity index (χ1n) is 8.49. The summed E-state index contributed by atoms with van der Waals surface area (Å²) >= 11 is 0. The van der Waals surface area contributed by atoms with Crippen LogP contribution in [0.5, 0.6) is 0 Å². The highest BCUT2D eigenvalue weighted by molar-refractivity contribution is 5.95. The van der Waals surface area contributed by atoms with Crippen LogP contribution in [0.1, 0.15) is 49.9 Å². The molecule has 1 aromatic rings. The summed E-state index contributed by atoms with van der Waals surface area (Å²) in [6.45, 7) is 5.85. The molecule has 0 saturated carbocycles. The minimum Gasteiger partial charge on any atom is -0.376 e. The lowest BCUT2D eigenvalue weighted by Crippen LogP contribution is -2.36. The van der Waals surface area contributed by atoms with Crippen molar-refractivity contribution >= 4 is 17.5 Å². The number of carbonyl (C=O) groups is 2. The predicted molar refractivity (Wildman–Crippen MR) is 92.6 cm³/mol. The Morgan fingerprint density at radius 1 is 1.13 bits per heavy atom. The topological polar surface area (TPSA) is 61.4 Å². The zero-order valence-electron chi connectivity index (χ0n) is 14.1. The second-order valence-corrected chi connectivity index (χ2v) is 6.36. The van der Waals surface area contributed by atoms with Crippen molar-refractivity contribution in [1.82, 2.24) is 10.2 Å². The van der Waals surface area contributed by atoms with Gasteiger partial charge in [-0.05, 0) is 44.9 Å². The Kier molecular flexibility index (Phi) is 6.44. The summed E-state index contributed by atoms with van der Waals surface area (Å²) in [5.74, 6) is 0.0337. The summed E-state index contributed by atoms with van der Waals surface area (Å²) in [6.07, 6.45) is 4.61. The molecule has 0 radical (unpaired) electrons. The molecule has 1 aromatic carbocycles. The van der Waals surface area contributed by atoms with Crippen LogP contribution in [0, 0.1) is 0 Å². The van der Waals surface area contributed by atoms with Crippen LogP contribution in [-0.4, -0.2) is 42.4 Å². The van der Waals surface area contributed by atoms with Gasteiger partial charge >= 0.3 is 0 Å². The summed E-state index contributed by atoms with van der Waals surface area (Å²) in [6, 6.07) is 7.37. The van der Waals surface area contributed by atoms with Gasteiger partial charge in [0.1, 0.15) is 0 Å². The van der Waals surface area contributed by atoms with Crippen molar-refractivity contribution in [3.05, 3.63) is 29.8 Å². The summed E-state index contributed by atoms with van der Waals surface area (Å²) in [5.41, 5.74) is 1.40. The van der Waals surface area contributed by atoms with Gasteiger partial charge in [-0.2, -0.15) is 0 Å². The monoisotopic (exact) mass is 317 g/mol. The standard InChI is InChI=1S/C18H27N3O2/c1-14(2)20-18(23)15-8-7-9-16(12-15)19-13-17(22)21-10-5-3-4-6-11-21/h7-9,12,14,19H,3-6,10-11,13H2,1-2H3,(H,20,23). The predicted octanol–water partition coefficient (Wildman–Crippen LogP) is 2.64. The van der Waals surface area contributed by atoms with E-state index in [0.717, 1.165) is 31.6 Å². The Bertz CT molecular complexity index is 535. The second kappa shape index (κ2) is 8.56. The minimum atomic E-state index is -0.0949. The molecule has 2 N–H and O–H groups in total. The van der Waals surface area contributed by atoms with Crippen molar-refractivity contribution in [3.8, 4) is 0 Å². The van der Waals surface area contributed by atoms with Crippen molar-refractivity contribution in [1.29, 1.82) is 0 Å². The van der Waals surface area contributed by atoms with Gasteiger partial charge in [-0.15, -0.1) is 0 Å². The third-order valence-electron chi connectivity index (χ3n) is 3.95. The van der Waals surface area contributed by atoms with Crippen molar-refractivity contribution in [3.63, 3.8) is 0 Å². The number of likely N-dealkylation sites (tertiary alicyclic amines) is 1. The van der Waals surface area contributed by atoms with Crippen LogP contribution in [0.25, 0.3) is 0 Å². The first-order chi connectivity index (χ1) is 11.1. The lowest BCUT2D eigenvalue weighted by atomic mass is 10.1. The molecule has 5 heteroatoms. The molecular weight excluding hydrogens is 290 g/mol. The average molecular weight is 317 g/mol. The molecule has 0 aromatic heterocycles. The van der Waals surface area contributed by atoms with E-state index in [1.165, 1.54) is 12.8 Å². The van der Waals surface area contributed by atoms with E-state index in [9.17, 15) is 9.59 Å². The Hall–Kier alpha value is -2.04. The molecule has 1 heterocycles. The number of amides is 2. The number of nitrogens with one attached hydrogen (secondary N) is 2. The first kappa shape index (κ1) is 17.3. The van der Waals surface area contributed by atoms with Crippen LogP contribution >= 0.6 is 0 Å². The molecule has 0 atom stereocenters. The van der Waals surface area contributed by atoms with Crippen molar-refractivity contribution in [2.24, 2.45) is 0 Å². The van der Waals surface area contributed by atoms with Crippen molar-refractivity contribution in [2.45, 2.75) is 45.6 Å². The Morgan fingerprint density at radius 3 is 2.48 bits per heavy atom. The fourth-order valence-corrected chi connectivity index (χ4v) is 2.73. The van der Waals surface area contributed by atoms with Gasteiger partial charge in [-0.3, -0.25) is 9.59 Å². The molecule has 1 saturated heterocycles. The first-order valence-corrected chi connectivity index (χ1v) is 8.49. The van der Waals surface area contributed by atoms with Crippen molar-refractivity contribution < 1.29 is 9.59 Å². The molecule has 5 nitrogen and oxygen atoms in total. The van der Waals surface area contributed by atoms with E-state index in [2.05, 4.69) is 10.6 Å². The lowest BCUT2D eigenvalue weighted by molar-refractivity contribution is -0.129.